The van der Waals surface area contributed by atoms with Gasteiger partial charge in [0.25, 0.3) is 0 Å². The Labute approximate surface area is 125 Å². The van der Waals surface area contributed by atoms with Crippen molar-refractivity contribution in [1.82, 2.24) is 4.90 Å². The molecule has 0 aromatic heterocycles. The summed E-state index contributed by atoms with van der Waals surface area (Å²) in [6.45, 7) is 3.13. The molecule has 0 radical (unpaired) electrons. The molecule has 1 saturated heterocycles. The number of para-hydroxylation sites is 1. The van der Waals surface area contributed by atoms with E-state index in [1.165, 1.54) is 0 Å². The van der Waals surface area contributed by atoms with E-state index < -0.39 is 11.5 Å². The molecule has 5 heteroatoms. The fraction of sp³-hybridized carbons (Fsp3) is 0.562. The van der Waals surface area contributed by atoms with Crippen molar-refractivity contribution in [2.24, 2.45) is 0 Å². The molecule has 0 bridgehead atoms. The highest BCUT2D eigenvalue weighted by atomic mass is 16.5. The minimum absolute atomic E-state index is 0.545. The Bertz CT molecular complexity index is 517. The van der Waals surface area contributed by atoms with Crippen molar-refractivity contribution >= 4 is 5.97 Å². The standard InChI is InChI=1S/C16H23NO4/c1-16(15(18)19)9-4-5-10-17(16)11-12-7-6-8-13(20-2)14(12)21-3/h6-8H,4-5,9-11H2,1-3H3,(H,18,19). The van der Waals surface area contributed by atoms with Crippen molar-refractivity contribution in [1.29, 1.82) is 0 Å². The molecule has 1 aromatic rings. The summed E-state index contributed by atoms with van der Waals surface area (Å²) in [5, 5.41) is 9.58. The second kappa shape index (κ2) is 6.35. The van der Waals surface area contributed by atoms with Crippen molar-refractivity contribution in [3.63, 3.8) is 0 Å². The molecule has 1 aromatic carbocycles. The number of likely N-dealkylation sites (tertiary alicyclic amines) is 1. The van der Waals surface area contributed by atoms with Crippen molar-refractivity contribution in [2.75, 3.05) is 20.8 Å². The van der Waals surface area contributed by atoms with Gasteiger partial charge in [0.1, 0.15) is 5.54 Å². The highest BCUT2D eigenvalue weighted by Crippen LogP contribution is 2.35. The van der Waals surface area contributed by atoms with Crippen LogP contribution in [0.2, 0.25) is 0 Å². The number of carboxylic acids is 1. The lowest BCUT2D eigenvalue weighted by Crippen LogP contribution is -2.54. The zero-order valence-corrected chi connectivity index (χ0v) is 12.9. The highest BCUT2D eigenvalue weighted by Gasteiger charge is 2.41. The molecular formula is C16H23NO4. The van der Waals surface area contributed by atoms with Crippen LogP contribution in [0.3, 0.4) is 0 Å². The molecule has 1 atom stereocenters. The number of hydrogen-bond donors (Lipinski definition) is 1. The van der Waals surface area contributed by atoms with Crippen molar-refractivity contribution in [3.8, 4) is 11.5 Å². The Hall–Kier alpha value is -1.75. The summed E-state index contributed by atoms with van der Waals surface area (Å²) >= 11 is 0. The number of ether oxygens (including phenoxy) is 2. The van der Waals surface area contributed by atoms with E-state index in [0.29, 0.717) is 24.5 Å². The van der Waals surface area contributed by atoms with Crippen LogP contribution in [0, 0.1) is 0 Å². The van der Waals surface area contributed by atoms with Crippen LogP contribution in [-0.4, -0.2) is 42.3 Å². The topological polar surface area (TPSA) is 59.0 Å². The smallest absolute Gasteiger partial charge is 0.323 e. The van der Waals surface area contributed by atoms with Crippen LogP contribution in [0.5, 0.6) is 11.5 Å². The Balaban J connectivity index is 2.30. The summed E-state index contributed by atoms with van der Waals surface area (Å²) in [6, 6.07) is 5.70. The van der Waals surface area contributed by atoms with E-state index in [0.717, 1.165) is 24.9 Å². The number of nitrogens with zero attached hydrogens (tertiary/aromatic N) is 1. The second-order valence-electron chi connectivity index (χ2n) is 5.61. The fourth-order valence-corrected chi connectivity index (χ4v) is 2.96. The van der Waals surface area contributed by atoms with E-state index in [1.54, 1.807) is 21.1 Å². The summed E-state index contributed by atoms with van der Waals surface area (Å²) in [7, 11) is 3.21. The number of carboxylic acid groups (broad SMARTS) is 1. The molecule has 1 N–H and O–H groups in total. The van der Waals surface area contributed by atoms with Gasteiger partial charge in [0, 0.05) is 12.1 Å². The molecule has 0 saturated carbocycles. The third-order valence-electron chi connectivity index (χ3n) is 4.35. The van der Waals surface area contributed by atoms with Gasteiger partial charge in [-0.3, -0.25) is 9.69 Å². The summed E-state index contributed by atoms with van der Waals surface area (Å²) in [6.07, 6.45) is 2.65. The van der Waals surface area contributed by atoms with Crippen LogP contribution < -0.4 is 9.47 Å². The van der Waals surface area contributed by atoms with Crippen molar-refractivity contribution in [3.05, 3.63) is 23.8 Å². The lowest BCUT2D eigenvalue weighted by atomic mass is 9.88. The maximum Gasteiger partial charge on any atom is 0.323 e. The van der Waals surface area contributed by atoms with Gasteiger partial charge < -0.3 is 14.6 Å². The van der Waals surface area contributed by atoms with Crippen LogP contribution in [0.1, 0.15) is 31.7 Å². The Morgan fingerprint density at radius 1 is 1.33 bits per heavy atom. The molecular weight excluding hydrogens is 270 g/mol. The molecule has 0 amide bonds. The van der Waals surface area contributed by atoms with Gasteiger partial charge in [-0.15, -0.1) is 0 Å². The maximum absolute atomic E-state index is 11.7. The van der Waals surface area contributed by atoms with Gasteiger partial charge >= 0.3 is 5.97 Å². The van der Waals surface area contributed by atoms with E-state index in [4.69, 9.17) is 9.47 Å². The van der Waals surface area contributed by atoms with Gasteiger partial charge in [-0.1, -0.05) is 12.1 Å². The van der Waals surface area contributed by atoms with E-state index >= 15 is 0 Å². The van der Waals surface area contributed by atoms with E-state index in [9.17, 15) is 9.90 Å². The SMILES string of the molecule is COc1cccc(CN2CCCCC2(C)C(=O)O)c1OC. The van der Waals surface area contributed by atoms with Gasteiger partial charge in [0.15, 0.2) is 11.5 Å². The molecule has 2 rings (SSSR count). The largest absolute Gasteiger partial charge is 0.493 e. The normalized spacial score (nSPS) is 22.8. The predicted molar refractivity (Wildman–Crippen MR) is 79.8 cm³/mol. The first kappa shape index (κ1) is 15.6. The highest BCUT2D eigenvalue weighted by molar-refractivity contribution is 5.78. The number of benzene rings is 1. The summed E-state index contributed by atoms with van der Waals surface area (Å²) in [5.41, 5.74) is 0.137. The molecule has 1 unspecified atom stereocenters. The second-order valence-corrected chi connectivity index (χ2v) is 5.61. The number of rotatable bonds is 5. The van der Waals surface area contributed by atoms with Crippen molar-refractivity contribution in [2.45, 2.75) is 38.3 Å². The quantitative estimate of drug-likeness (QED) is 0.904. The molecule has 1 heterocycles. The summed E-state index contributed by atoms with van der Waals surface area (Å²) in [4.78, 5) is 13.7. The monoisotopic (exact) mass is 293 g/mol. The van der Waals surface area contributed by atoms with E-state index in [2.05, 4.69) is 0 Å². The van der Waals surface area contributed by atoms with E-state index in [-0.39, 0.29) is 0 Å². The predicted octanol–water partition coefficient (Wildman–Crippen LogP) is 2.53. The van der Waals surface area contributed by atoms with Gasteiger partial charge in [-0.25, -0.2) is 0 Å². The number of hydrogen-bond acceptors (Lipinski definition) is 4. The minimum Gasteiger partial charge on any atom is -0.493 e. The Morgan fingerprint density at radius 2 is 2.10 bits per heavy atom. The first-order chi connectivity index (χ1) is 10.0. The first-order valence-corrected chi connectivity index (χ1v) is 7.21. The van der Waals surface area contributed by atoms with Gasteiger partial charge in [-0.2, -0.15) is 0 Å². The average Bonchev–Trinajstić information content (AvgIpc) is 2.49. The molecule has 0 aliphatic carbocycles. The summed E-state index contributed by atoms with van der Waals surface area (Å²) < 4.78 is 10.7. The lowest BCUT2D eigenvalue weighted by Gasteiger charge is -2.41. The zero-order valence-electron chi connectivity index (χ0n) is 12.9. The zero-order chi connectivity index (χ0) is 15.5. The van der Waals surface area contributed by atoms with Crippen LogP contribution in [0.25, 0.3) is 0 Å². The van der Waals surface area contributed by atoms with Crippen LogP contribution in [-0.2, 0) is 11.3 Å². The molecule has 21 heavy (non-hydrogen) atoms. The van der Waals surface area contributed by atoms with E-state index in [1.807, 2.05) is 23.1 Å². The molecule has 1 aliphatic rings. The number of methoxy groups -OCH3 is 2. The van der Waals surface area contributed by atoms with Crippen LogP contribution in [0.15, 0.2) is 18.2 Å². The molecule has 5 nitrogen and oxygen atoms in total. The third kappa shape index (κ3) is 2.97. The van der Waals surface area contributed by atoms with Crippen LogP contribution >= 0.6 is 0 Å². The van der Waals surface area contributed by atoms with Gasteiger partial charge in [-0.05, 0) is 38.8 Å². The first-order valence-electron chi connectivity index (χ1n) is 7.21. The summed E-state index contributed by atoms with van der Waals surface area (Å²) in [5.74, 6) is 0.589. The Morgan fingerprint density at radius 3 is 2.71 bits per heavy atom. The molecule has 1 fully saturated rings. The number of aliphatic carboxylic acids is 1. The van der Waals surface area contributed by atoms with Gasteiger partial charge in [0.2, 0.25) is 0 Å². The molecule has 0 spiro atoms. The number of carbonyl (C=O) groups is 1. The molecule has 1 aliphatic heterocycles. The molecule has 116 valence electrons. The minimum atomic E-state index is -0.813. The number of piperidine rings is 1. The van der Waals surface area contributed by atoms with Gasteiger partial charge in [0.05, 0.1) is 14.2 Å². The average molecular weight is 293 g/mol. The lowest BCUT2D eigenvalue weighted by molar-refractivity contribution is -0.153. The Kier molecular flexibility index (Phi) is 4.73. The maximum atomic E-state index is 11.7. The third-order valence-corrected chi connectivity index (χ3v) is 4.35. The van der Waals surface area contributed by atoms with Crippen LogP contribution in [0.4, 0.5) is 0 Å². The fourth-order valence-electron chi connectivity index (χ4n) is 2.96. The van der Waals surface area contributed by atoms with Crippen molar-refractivity contribution < 1.29 is 19.4 Å².